The minimum atomic E-state index is 0. The van der Waals surface area contributed by atoms with Crippen LogP contribution in [-0.4, -0.2) is 33.8 Å². The Morgan fingerprint density at radius 3 is 2.23 bits per heavy atom. The maximum Gasteiger partial charge on any atom is 0.203 e. The summed E-state index contributed by atoms with van der Waals surface area (Å²) in [5, 5.41) is 6.74. The smallest absolute Gasteiger partial charge is 0.203 e. The Labute approximate surface area is 196 Å². The normalized spacial score (nSPS) is 12.6. The molecule has 2 aromatic carbocycles. The molecule has 0 aromatic heterocycles. The number of ether oxygens (including phenoxy) is 3. The number of nitrogens with one attached hydrogen (secondary N) is 2. The summed E-state index contributed by atoms with van der Waals surface area (Å²) in [5.41, 5.74) is 5.25. The van der Waals surface area contributed by atoms with Crippen molar-refractivity contribution in [2.24, 2.45) is 4.99 Å². The molecule has 0 spiro atoms. The lowest BCUT2D eigenvalue weighted by Gasteiger charge is -2.14. The van der Waals surface area contributed by atoms with Gasteiger partial charge in [-0.05, 0) is 60.6 Å². The number of hydrogen-bond acceptors (Lipinski definition) is 4. The van der Waals surface area contributed by atoms with Crippen LogP contribution in [0.1, 0.15) is 35.6 Å². The Morgan fingerprint density at radius 1 is 0.900 bits per heavy atom. The van der Waals surface area contributed by atoms with Crippen molar-refractivity contribution in [1.29, 1.82) is 0 Å². The zero-order chi connectivity index (χ0) is 20.6. The molecule has 164 valence electrons. The third-order valence-corrected chi connectivity index (χ3v) is 5.11. The number of halogens is 1. The molecule has 0 atom stereocenters. The van der Waals surface area contributed by atoms with Crippen LogP contribution in [0.5, 0.6) is 17.2 Å². The molecule has 30 heavy (non-hydrogen) atoms. The van der Waals surface area contributed by atoms with Crippen LogP contribution >= 0.6 is 24.0 Å². The predicted octanol–water partition coefficient (Wildman–Crippen LogP) is 4.07. The molecule has 0 saturated carbocycles. The van der Waals surface area contributed by atoms with Crippen LogP contribution in [-0.2, 0) is 25.9 Å². The molecule has 0 bridgehead atoms. The Kier molecular flexibility index (Phi) is 9.55. The second-order valence-corrected chi connectivity index (χ2v) is 7.04. The number of nitrogens with zero attached hydrogens (tertiary/aromatic N) is 1. The molecule has 0 aliphatic heterocycles. The van der Waals surface area contributed by atoms with Gasteiger partial charge in [-0.25, -0.2) is 4.99 Å². The first-order valence-electron chi connectivity index (χ1n) is 10.1. The number of fused-ring (bicyclic) bond motifs is 1. The number of methoxy groups -OCH3 is 3. The van der Waals surface area contributed by atoms with Crippen molar-refractivity contribution in [3.63, 3.8) is 0 Å². The van der Waals surface area contributed by atoms with Crippen LogP contribution in [0.25, 0.3) is 0 Å². The van der Waals surface area contributed by atoms with Crippen LogP contribution in [0.4, 0.5) is 0 Å². The number of benzene rings is 2. The molecule has 0 unspecified atom stereocenters. The van der Waals surface area contributed by atoms with E-state index in [0.717, 1.165) is 24.6 Å². The highest BCUT2D eigenvalue weighted by Gasteiger charge is 2.13. The fraction of sp³-hybridized carbons (Fsp3) is 0.435. The predicted molar refractivity (Wildman–Crippen MR) is 132 cm³/mol. The summed E-state index contributed by atoms with van der Waals surface area (Å²) in [7, 11) is 4.84. The van der Waals surface area contributed by atoms with E-state index in [1.165, 1.54) is 36.0 Å². The van der Waals surface area contributed by atoms with E-state index in [0.29, 0.717) is 23.8 Å². The fourth-order valence-electron chi connectivity index (χ4n) is 3.66. The van der Waals surface area contributed by atoms with Gasteiger partial charge >= 0.3 is 0 Å². The molecule has 0 saturated heterocycles. The van der Waals surface area contributed by atoms with Gasteiger partial charge in [0.25, 0.3) is 0 Å². The minimum Gasteiger partial charge on any atom is -0.493 e. The molecule has 1 aliphatic rings. The number of rotatable bonds is 8. The monoisotopic (exact) mass is 525 g/mol. The fourth-order valence-corrected chi connectivity index (χ4v) is 3.66. The van der Waals surface area contributed by atoms with E-state index in [1.54, 1.807) is 21.3 Å². The highest BCUT2D eigenvalue weighted by Crippen LogP contribution is 2.38. The highest BCUT2D eigenvalue weighted by molar-refractivity contribution is 14.0. The minimum absolute atomic E-state index is 0. The Hall–Kier alpha value is -2.16. The van der Waals surface area contributed by atoms with E-state index in [-0.39, 0.29) is 24.0 Å². The summed E-state index contributed by atoms with van der Waals surface area (Å²) in [6.07, 6.45) is 3.67. The van der Waals surface area contributed by atoms with Crippen LogP contribution in [0.3, 0.4) is 0 Å². The summed E-state index contributed by atoms with van der Waals surface area (Å²) >= 11 is 0. The molecule has 0 amide bonds. The summed E-state index contributed by atoms with van der Waals surface area (Å²) in [5.74, 6) is 2.63. The standard InChI is InChI=1S/C23H31N3O3.HI/c1-5-24-23(25-14-16-9-10-18-7-6-8-19(18)11-16)26-15-17-12-20(27-2)22(29-4)21(13-17)28-3;/h9-13H,5-8,14-15H2,1-4H3,(H2,24,25,26);1H. The maximum atomic E-state index is 5.43. The number of guanidine groups is 1. The van der Waals surface area contributed by atoms with Crippen molar-refractivity contribution in [3.05, 3.63) is 52.6 Å². The molecular weight excluding hydrogens is 493 g/mol. The van der Waals surface area contributed by atoms with Gasteiger partial charge in [-0.1, -0.05) is 18.2 Å². The molecule has 0 radical (unpaired) electrons. The third-order valence-electron chi connectivity index (χ3n) is 5.11. The Bertz CT molecular complexity index is 846. The molecule has 2 N–H and O–H groups in total. The van der Waals surface area contributed by atoms with Crippen molar-refractivity contribution >= 4 is 29.9 Å². The average molecular weight is 525 g/mol. The summed E-state index contributed by atoms with van der Waals surface area (Å²) in [4.78, 5) is 4.72. The number of aryl methyl sites for hydroxylation is 2. The lowest BCUT2D eigenvalue weighted by atomic mass is 10.1. The molecule has 1 aliphatic carbocycles. The quantitative estimate of drug-likeness (QED) is 0.309. The molecule has 6 nitrogen and oxygen atoms in total. The van der Waals surface area contributed by atoms with Crippen molar-refractivity contribution in [2.75, 3.05) is 27.9 Å². The average Bonchev–Trinajstić information content (AvgIpc) is 3.22. The van der Waals surface area contributed by atoms with Crippen molar-refractivity contribution < 1.29 is 14.2 Å². The second-order valence-electron chi connectivity index (χ2n) is 7.04. The topological polar surface area (TPSA) is 64.1 Å². The van der Waals surface area contributed by atoms with Crippen molar-refractivity contribution in [1.82, 2.24) is 10.6 Å². The van der Waals surface area contributed by atoms with E-state index >= 15 is 0 Å². The van der Waals surface area contributed by atoms with E-state index in [9.17, 15) is 0 Å². The summed E-state index contributed by atoms with van der Waals surface area (Å²) in [6, 6.07) is 10.6. The lowest BCUT2D eigenvalue weighted by molar-refractivity contribution is 0.324. The van der Waals surface area contributed by atoms with Gasteiger partial charge < -0.3 is 24.8 Å². The molecule has 0 heterocycles. The first kappa shape index (κ1) is 24.1. The maximum absolute atomic E-state index is 5.43. The third kappa shape index (κ3) is 5.93. The Balaban J connectivity index is 0.00000320. The zero-order valence-corrected chi connectivity index (χ0v) is 20.5. The second kappa shape index (κ2) is 11.9. The van der Waals surface area contributed by atoms with E-state index in [2.05, 4.69) is 35.8 Å². The van der Waals surface area contributed by atoms with Crippen molar-refractivity contribution in [3.8, 4) is 17.2 Å². The van der Waals surface area contributed by atoms with Gasteiger partial charge in [-0.3, -0.25) is 0 Å². The lowest BCUT2D eigenvalue weighted by Crippen LogP contribution is -2.36. The van der Waals surface area contributed by atoms with Gasteiger partial charge in [0.2, 0.25) is 5.75 Å². The van der Waals surface area contributed by atoms with E-state index < -0.39 is 0 Å². The van der Waals surface area contributed by atoms with Crippen LogP contribution in [0.2, 0.25) is 0 Å². The molecule has 7 heteroatoms. The number of hydrogen-bond donors (Lipinski definition) is 2. The van der Waals surface area contributed by atoms with Gasteiger partial charge in [-0.15, -0.1) is 24.0 Å². The van der Waals surface area contributed by atoms with E-state index in [1.807, 2.05) is 12.1 Å². The number of aliphatic imine (C=N–C) groups is 1. The molecule has 3 rings (SSSR count). The first-order chi connectivity index (χ1) is 14.2. The molecular formula is C23H32IN3O3. The van der Waals surface area contributed by atoms with Crippen LogP contribution in [0, 0.1) is 0 Å². The van der Waals surface area contributed by atoms with Gasteiger partial charge in [-0.2, -0.15) is 0 Å². The van der Waals surface area contributed by atoms with Gasteiger partial charge in [0, 0.05) is 13.1 Å². The highest BCUT2D eigenvalue weighted by atomic mass is 127. The SMILES string of the molecule is CCNC(=NCc1cc(OC)c(OC)c(OC)c1)NCc1ccc2c(c1)CCC2.I. The molecule has 0 fully saturated rings. The van der Waals surface area contributed by atoms with Gasteiger partial charge in [0.1, 0.15) is 0 Å². The molecule has 2 aromatic rings. The van der Waals surface area contributed by atoms with Gasteiger partial charge in [0.15, 0.2) is 17.5 Å². The van der Waals surface area contributed by atoms with Gasteiger partial charge in [0.05, 0.1) is 27.9 Å². The largest absolute Gasteiger partial charge is 0.493 e. The Morgan fingerprint density at radius 2 is 1.60 bits per heavy atom. The zero-order valence-electron chi connectivity index (χ0n) is 18.2. The summed E-state index contributed by atoms with van der Waals surface area (Å²) in [6.45, 7) is 4.10. The van der Waals surface area contributed by atoms with Crippen LogP contribution in [0.15, 0.2) is 35.3 Å². The first-order valence-corrected chi connectivity index (χ1v) is 10.1. The van der Waals surface area contributed by atoms with E-state index in [4.69, 9.17) is 19.2 Å². The van der Waals surface area contributed by atoms with Crippen LogP contribution < -0.4 is 24.8 Å². The van der Waals surface area contributed by atoms with Crippen molar-refractivity contribution in [2.45, 2.75) is 39.3 Å². The summed E-state index contributed by atoms with van der Waals surface area (Å²) < 4.78 is 16.2.